The summed E-state index contributed by atoms with van der Waals surface area (Å²) in [6.45, 7) is 2.49. The van der Waals surface area contributed by atoms with Gasteiger partial charge in [0.1, 0.15) is 5.75 Å². The van der Waals surface area contributed by atoms with Crippen LogP contribution < -0.4 is 4.74 Å². The maximum atomic E-state index is 11.0. The zero-order chi connectivity index (χ0) is 15.3. The summed E-state index contributed by atoms with van der Waals surface area (Å²) < 4.78 is 36.3. The molecule has 2 rings (SSSR count). The molecule has 0 saturated heterocycles. The van der Waals surface area contributed by atoms with E-state index in [1.165, 1.54) is 18.2 Å². The molecule has 0 aromatic heterocycles. The number of benzene rings is 2. The van der Waals surface area contributed by atoms with E-state index in [9.17, 15) is 8.42 Å². The molecule has 2 aromatic rings. The van der Waals surface area contributed by atoms with Crippen LogP contribution >= 0.6 is 0 Å². The van der Waals surface area contributed by atoms with Crippen LogP contribution in [0.2, 0.25) is 0 Å². The van der Waals surface area contributed by atoms with Gasteiger partial charge in [-0.15, -0.1) is 0 Å². The van der Waals surface area contributed by atoms with Gasteiger partial charge in [-0.3, -0.25) is 4.55 Å². The minimum atomic E-state index is -4.24. The van der Waals surface area contributed by atoms with E-state index in [4.69, 9.17) is 9.29 Å². The molecule has 0 radical (unpaired) electrons. The third-order valence-electron chi connectivity index (χ3n) is 2.54. The van der Waals surface area contributed by atoms with Crippen molar-refractivity contribution in [2.45, 2.75) is 11.8 Å². The van der Waals surface area contributed by atoms with Crippen molar-refractivity contribution < 1.29 is 17.7 Å². The number of hydrogen-bond donors (Lipinski definition) is 1. The van der Waals surface area contributed by atoms with Crippen LogP contribution in [-0.2, 0) is 10.1 Å². The van der Waals surface area contributed by atoms with E-state index in [1.807, 2.05) is 6.92 Å². The third-order valence-corrected chi connectivity index (χ3v) is 3.39. The first-order valence-corrected chi connectivity index (χ1v) is 7.65. The fraction of sp³-hybridized carbons (Fsp3) is 0.143. The molecule has 110 valence electrons. The van der Waals surface area contributed by atoms with Crippen LogP contribution in [0.4, 0.5) is 11.4 Å². The maximum absolute atomic E-state index is 11.0. The molecule has 0 aliphatic rings. The van der Waals surface area contributed by atoms with E-state index >= 15 is 0 Å². The Labute approximate surface area is 122 Å². The molecule has 0 bridgehead atoms. The second-order valence-corrected chi connectivity index (χ2v) is 5.52. The van der Waals surface area contributed by atoms with Gasteiger partial charge < -0.3 is 4.74 Å². The average molecular weight is 306 g/mol. The van der Waals surface area contributed by atoms with Gasteiger partial charge in [0.15, 0.2) is 0 Å². The highest BCUT2D eigenvalue weighted by atomic mass is 32.2. The summed E-state index contributed by atoms with van der Waals surface area (Å²) in [6, 6.07) is 12.6. The fourth-order valence-corrected chi connectivity index (χ4v) is 2.12. The molecule has 0 aliphatic carbocycles. The van der Waals surface area contributed by atoms with Crippen LogP contribution in [0.5, 0.6) is 5.75 Å². The SMILES string of the molecule is CCOc1ccc(N=Nc2cccc(S(=O)(=O)O)c2)cc1. The number of rotatable bonds is 5. The molecule has 1 N–H and O–H groups in total. The third kappa shape index (κ3) is 4.37. The molecule has 7 heteroatoms. The van der Waals surface area contributed by atoms with Gasteiger partial charge in [0.05, 0.1) is 22.9 Å². The lowest BCUT2D eigenvalue weighted by Crippen LogP contribution is -1.96. The lowest BCUT2D eigenvalue weighted by Gasteiger charge is -2.01. The van der Waals surface area contributed by atoms with Crippen LogP contribution in [0.3, 0.4) is 0 Å². The lowest BCUT2D eigenvalue weighted by atomic mass is 10.3. The Hall–Kier alpha value is -2.25. The highest BCUT2D eigenvalue weighted by Crippen LogP contribution is 2.23. The van der Waals surface area contributed by atoms with Gasteiger partial charge in [-0.2, -0.15) is 18.6 Å². The van der Waals surface area contributed by atoms with Crippen LogP contribution in [0, 0.1) is 0 Å². The predicted octanol–water partition coefficient (Wildman–Crippen LogP) is 3.75. The van der Waals surface area contributed by atoms with Crippen molar-refractivity contribution in [1.29, 1.82) is 0 Å². The first-order chi connectivity index (χ1) is 9.99. The zero-order valence-corrected chi connectivity index (χ0v) is 12.1. The van der Waals surface area contributed by atoms with E-state index in [0.717, 1.165) is 5.75 Å². The number of nitrogens with zero attached hydrogens (tertiary/aromatic N) is 2. The molecule has 0 unspecified atom stereocenters. The van der Waals surface area contributed by atoms with E-state index in [1.54, 1.807) is 30.3 Å². The Balaban J connectivity index is 2.17. The largest absolute Gasteiger partial charge is 0.494 e. The fourth-order valence-electron chi connectivity index (χ4n) is 1.60. The van der Waals surface area contributed by atoms with Gasteiger partial charge in [0, 0.05) is 0 Å². The molecule has 0 atom stereocenters. The summed E-state index contributed by atoms with van der Waals surface area (Å²) >= 11 is 0. The molecule has 0 fully saturated rings. The standard InChI is InChI=1S/C14H14N2O4S/c1-2-20-13-8-6-11(7-9-13)15-16-12-4-3-5-14(10-12)21(17,18)19/h3-10H,2H2,1H3,(H,17,18,19). The molecule has 0 aliphatic heterocycles. The first-order valence-electron chi connectivity index (χ1n) is 6.21. The second-order valence-electron chi connectivity index (χ2n) is 4.10. The second kappa shape index (κ2) is 6.47. The zero-order valence-electron chi connectivity index (χ0n) is 11.3. The van der Waals surface area contributed by atoms with Crippen molar-refractivity contribution >= 4 is 21.5 Å². The Morgan fingerprint density at radius 1 is 1.05 bits per heavy atom. The Morgan fingerprint density at radius 3 is 2.33 bits per heavy atom. The van der Waals surface area contributed by atoms with Gasteiger partial charge in [0.25, 0.3) is 10.1 Å². The van der Waals surface area contributed by atoms with Crippen molar-refractivity contribution in [2.24, 2.45) is 10.2 Å². The van der Waals surface area contributed by atoms with Gasteiger partial charge in [-0.05, 0) is 49.4 Å². The normalized spacial score (nSPS) is 11.7. The quantitative estimate of drug-likeness (QED) is 0.673. The molecule has 0 spiro atoms. The average Bonchev–Trinajstić information content (AvgIpc) is 2.46. The molecule has 2 aromatic carbocycles. The molecule has 0 heterocycles. The van der Waals surface area contributed by atoms with Crippen molar-refractivity contribution in [3.05, 3.63) is 48.5 Å². The maximum Gasteiger partial charge on any atom is 0.294 e. The minimum absolute atomic E-state index is 0.217. The number of hydrogen-bond acceptors (Lipinski definition) is 5. The molecule has 0 saturated carbocycles. The highest BCUT2D eigenvalue weighted by Gasteiger charge is 2.09. The Bertz CT molecular complexity index is 740. The van der Waals surface area contributed by atoms with Crippen molar-refractivity contribution in [2.75, 3.05) is 6.61 Å². The lowest BCUT2D eigenvalue weighted by molar-refractivity contribution is 0.340. The van der Waals surface area contributed by atoms with Crippen LogP contribution in [-0.4, -0.2) is 19.6 Å². The van der Waals surface area contributed by atoms with E-state index in [0.29, 0.717) is 18.0 Å². The van der Waals surface area contributed by atoms with Gasteiger partial charge >= 0.3 is 0 Å². The number of ether oxygens (including phenoxy) is 1. The molecular formula is C14H14N2O4S. The molecule has 21 heavy (non-hydrogen) atoms. The van der Waals surface area contributed by atoms with Crippen molar-refractivity contribution in [1.82, 2.24) is 0 Å². The Morgan fingerprint density at radius 2 is 1.71 bits per heavy atom. The van der Waals surface area contributed by atoms with E-state index in [-0.39, 0.29) is 4.90 Å². The monoisotopic (exact) mass is 306 g/mol. The topological polar surface area (TPSA) is 88.3 Å². The summed E-state index contributed by atoms with van der Waals surface area (Å²) in [7, 11) is -4.24. The van der Waals surface area contributed by atoms with Crippen LogP contribution in [0.25, 0.3) is 0 Å². The molecule has 6 nitrogen and oxygen atoms in total. The summed E-state index contributed by atoms with van der Waals surface area (Å²) in [5.41, 5.74) is 0.940. The van der Waals surface area contributed by atoms with Crippen LogP contribution in [0.1, 0.15) is 6.92 Å². The number of azo groups is 1. The summed E-state index contributed by atoms with van der Waals surface area (Å²) in [5.74, 6) is 0.741. The first kappa shape index (κ1) is 15.1. The molecule has 0 amide bonds. The smallest absolute Gasteiger partial charge is 0.294 e. The summed E-state index contributed by atoms with van der Waals surface area (Å²) in [6.07, 6.45) is 0. The van der Waals surface area contributed by atoms with Gasteiger partial charge in [-0.25, -0.2) is 0 Å². The Kier molecular flexibility index (Phi) is 4.66. The van der Waals surface area contributed by atoms with Gasteiger partial charge in [-0.1, -0.05) is 6.07 Å². The minimum Gasteiger partial charge on any atom is -0.494 e. The van der Waals surface area contributed by atoms with Gasteiger partial charge in [0.2, 0.25) is 0 Å². The summed E-state index contributed by atoms with van der Waals surface area (Å²) in [5, 5.41) is 7.93. The highest BCUT2D eigenvalue weighted by molar-refractivity contribution is 7.85. The predicted molar refractivity (Wildman–Crippen MR) is 78.0 cm³/mol. The van der Waals surface area contributed by atoms with Crippen LogP contribution in [0.15, 0.2) is 63.7 Å². The van der Waals surface area contributed by atoms with E-state index in [2.05, 4.69) is 10.2 Å². The summed E-state index contributed by atoms with van der Waals surface area (Å²) in [4.78, 5) is -0.217. The van der Waals surface area contributed by atoms with Crippen molar-refractivity contribution in [3.8, 4) is 5.75 Å². The van der Waals surface area contributed by atoms with Crippen molar-refractivity contribution in [3.63, 3.8) is 0 Å². The van der Waals surface area contributed by atoms with E-state index < -0.39 is 10.1 Å². The molecular weight excluding hydrogens is 292 g/mol.